The lowest BCUT2D eigenvalue weighted by Gasteiger charge is -2.06. The van der Waals surface area contributed by atoms with Crippen LogP contribution in [0.15, 0.2) is 107 Å². The van der Waals surface area contributed by atoms with Crippen molar-refractivity contribution in [3.05, 3.63) is 124 Å². The second kappa shape index (κ2) is 18.2. The van der Waals surface area contributed by atoms with Crippen LogP contribution in [-0.4, -0.2) is 46.7 Å². The van der Waals surface area contributed by atoms with Crippen molar-refractivity contribution in [3.63, 3.8) is 0 Å². The number of nitrogens with one attached hydrogen (secondary N) is 3. The Morgan fingerprint density at radius 3 is 1.49 bits per heavy atom. The van der Waals surface area contributed by atoms with Crippen molar-refractivity contribution >= 4 is 137 Å². The summed E-state index contributed by atoms with van der Waals surface area (Å²) in [6, 6.07) is 20.3. The minimum atomic E-state index is -3.75. The van der Waals surface area contributed by atoms with Gasteiger partial charge in [-0.1, -0.05) is 57.5 Å². The number of aromatic nitrogens is 6. The van der Waals surface area contributed by atoms with Gasteiger partial charge in [-0.3, -0.25) is 0 Å². The molecule has 0 aliphatic carbocycles. The van der Waals surface area contributed by atoms with Gasteiger partial charge in [0, 0.05) is 22.7 Å². The van der Waals surface area contributed by atoms with Crippen molar-refractivity contribution in [3.8, 4) is 0 Å². The van der Waals surface area contributed by atoms with Gasteiger partial charge in [0.2, 0.25) is 20.0 Å². The molecule has 0 bridgehead atoms. The highest BCUT2D eigenvalue weighted by Crippen LogP contribution is 2.34. The Morgan fingerprint density at radius 1 is 0.559 bits per heavy atom. The van der Waals surface area contributed by atoms with Crippen molar-refractivity contribution < 1.29 is 25.6 Å². The normalized spacial score (nSPS) is 11.3. The number of rotatable bonds is 8. The number of halogens is 5. The largest absolute Gasteiger partial charge is 0.399 e. The number of hydrogen-bond acceptors (Lipinski definition) is 16. The number of nitrogens with zero attached hydrogens (tertiary/aromatic N) is 6. The molecule has 0 atom stereocenters. The van der Waals surface area contributed by atoms with Crippen LogP contribution in [-0.2, 0) is 20.0 Å². The lowest BCUT2D eigenvalue weighted by atomic mass is 10.3. The van der Waals surface area contributed by atoms with E-state index in [1.807, 2.05) is 0 Å². The van der Waals surface area contributed by atoms with Gasteiger partial charge in [-0.15, -0.1) is 0 Å². The predicted octanol–water partition coefficient (Wildman–Crippen LogP) is 8.21. The van der Waals surface area contributed by atoms with Crippen LogP contribution >= 0.6 is 57.5 Å². The first-order chi connectivity index (χ1) is 27.9. The van der Waals surface area contributed by atoms with E-state index >= 15 is 0 Å². The van der Waals surface area contributed by atoms with Gasteiger partial charge < -0.3 is 21.7 Å². The minimum Gasteiger partial charge on any atom is -0.399 e. The zero-order valence-electron chi connectivity index (χ0n) is 29.3. The molecule has 4 aromatic heterocycles. The summed E-state index contributed by atoms with van der Waals surface area (Å²) < 4.78 is 72.1. The Morgan fingerprint density at radius 2 is 1.02 bits per heavy atom. The van der Waals surface area contributed by atoms with Crippen molar-refractivity contribution in [2.45, 2.75) is 9.79 Å². The second-order valence-electron chi connectivity index (χ2n) is 11.5. The first kappa shape index (κ1) is 43.2. The van der Waals surface area contributed by atoms with E-state index in [9.17, 15) is 25.6 Å². The van der Waals surface area contributed by atoms with Crippen molar-refractivity contribution in [2.75, 3.05) is 21.7 Å². The molecule has 0 radical (unpaired) electrons. The Hall–Kier alpha value is -5.43. The average molecular weight is 938 g/mol. The molecule has 16 nitrogen and oxygen atoms in total. The minimum absolute atomic E-state index is 0.00472. The number of fused-ring (bicyclic) bond motifs is 2. The van der Waals surface area contributed by atoms with Crippen LogP contribution in [0.1, 0.15) is 0 Å². The zero-order valence-corrected chi connectivity index (χ0v) is 34.8. The predicted molar refractivity (Wildman–Crippen MR) is 228 cm³/mol. The quantitative estimate of drug-likeness (QED) is 0.0620. The Kier molecular flexibility index (Phi) is 13.3. The third-order valence-corrected chi connectivity index (χ3v) is 12.1. The molecule has 0 amide bonds. The molecule has 4 aromatic carbocycles. The van der Waals surface area contributed by atoms with Gasteiger partial charge in [0.05, 0.1) is 19.8 Å². The lowest BCUT2D eigenvalue weighted by molar-refractivity contribution is 0.596. The number of anilines is 7. The van der Waals surface area contributed by atoms with Crippen molar-refractivity contribution in [1.82, 2.24) is 29.9 Å². The molecule has 0 aliphatic rings. The van der Waals surface area contributed by atoms with Crippen molar-refractivity contribution in [1.29, 1.82) is 0 Å². The molecule has 9 N–H and O–H groups in total. The van der Waals surface area contributed by atoms with Gasteiger partial charge in [0.1, 0.15) is 33.7 Å². The molecule has 8 rings (SSSR count). The third kappa shape index (κ3) is 11.4. The summed E-state index contributed by atoms with van der Waals surface area (Å²) in [5, 5.41) is 20.9. The number of primary sulfonamides is 2. The van der Waals surface area contributed by atoms with Gasteiger partial charge in [-0.2, -0.15) is 9.97 Å². The molecule has 25 heteroatoms. The van der Waals surface area contributed by atoms with Crippen LogP contribution < -0.4 is 32.0 Å². The highest BCUT2D eigenvalue weighted by Gasteiger charge is 2.14. The van der Waals surface area contributed by atoms with Gasteiger partial charge in [-0.05, 0) is 84.9 Å². The fourth-order valence-electron chi connectivity index (χ4n) is 4.60. The molecule has 0 saturated carbocycles. The standard InChI is InChI=1S/C17H12ClFN6O2S2.C11H8ClN5O2S2.C6H5ClFN/c18-12-7-10(3-6-13(12)19)23-15-14-16(22-8-21-15)25-17(28-14)24-9-1-4-11(5-2-9)29(20,26)27;12-9-8-10(15-5-14-9)17-11(20-8)16-6-1-3-7(4-2-6)21(13,18)19;7-5-3-4(9)1-2-6(5)8/h1-8H,(H2,20,26,27)(H2,21,22,23,24,25);1-5H,(H2,13,18,19)(H,14,15,16,17);1-3H,9H2. The smallest absolute Gasteiger partial charge is 0.238 e. The van der Waals surface area contributed by atoms with Crippen LogP contribution in [0.4, 0.5) is 47.6 Å². The highest BCUT2D eigenvalue weighted by atomic mass is 35.5. The second-order valence-corrected chi connectivity index (χ2v) is 17.8. The van der Waals surface area contributed by atoms with E-state index in [2.05, 4.69) is 45.9 Å². The summed E-state index contributed by atoms with van der Waals surface area (Å²) in [6.45, 7) is 0. The monoisotopic (exact) mass is 936 g/mol. The number of nitrogen functional groups attached to an aromatic ring is 1. The molecular weight excluding hydrogens is 913 g/mol. The van der Waals surface area contributed by atoms with Gasteiger partial charge in [0.15, 0.2) is 32.5 Å². The molecule has 0 spiro atoms. The first-order valence-corrected chi connectivity index (χ1v) is 21.9. The Labute approximate surface area is 356 Å². The number of benzene rings is 4. The summed E-state index contributed by atoms with van der Waals surface area (Å²) in [5.74, 6) is -0.457. The number of nitrogens with two attached hydrogens (primary N) is 3. The third-order valence-electron chi connectivity index (χ3n) is 7.33. The molecule has 8 aromatic rings. The lowest BCUT2D eigenvalue weighted by Crippen LogP contribution is -2.11. The fourth-order valence-corrected chi connectivity index (χ4v) is 7.95. The van der Waals surface area contributed by atoms with Gasteiger partial charge in [0.25, 0.3) is 0 Å². The van der Waals surface area contributed by atoms with Gasteiger partial charge >= 0.3 is 0 Å². The SMILES string of the molecule is NS(=O)(=O)c1ccc(Nc2nc3ncnc(Cl)c3s2)cc1.NS(=O)(=O)c1ccc(Nc2nc3ncnc(Nc4ccc(F)c(Cl)c4)c3s2)cc1.Nc1ccc(F)c(Cl)c1. The van der Waals surface area contributed by atoms with E-state index in [-0.39, 0.29) is 19.8 Å². The average Bonchev–Trinajstić information content (AvgIpc) is 3.80. The first-order valence-electron chi connectivity index (χ1n) is 16.0. The maximum atomic E-state index is 13.3. The molecule has 304 valence electrons. The van der Waals surface area contributed by atoms with Gasteiger partial charge in [-0.25, -0.2) is 55.8 Å². The summed E-state index contributed by atoms with van der Waals surface area (Å²) in [6.07, 6.45) is 2.70. The summed E-state index contributed by atoms with van der Waals surface area (Å²) >= 11 is 19.7. The van der Waals surface area contributed by atoms with E-state index in [1.165, 1.54) is 89.9 Å². The maximum absolute atomic E-state index is 13.3. The van der Waals surface area contributed by atoms with Crippen LogP contribution in [0, 0.1) is 11.6 Å². The van der Waals surface area contributed by atoms with Crippen LogP contribution in [0.3, 0.4) is 0 Å². The van der Waals surface area contributed by atoms with Crippen molar-refractivity contribution in [2.24, 2.45) is 10.3 Å². The topological polar surface area (TPSA) is 260 Å². The molecule has 0 fully saturated rings. The summed E-state index contributed by atoms with van der Waals surface area (Å²) in [5.41, 5.74) is 8.58. The summed E-state index contributed by atoms with van der Waals surface area (Å²) in [7, 11) is -7.45. The van der Waals surface area contributed by atoms with E-state index in [1.54, 1.807) is 30.3 Å². The van der Waals surface area contributed by atoms with Crippen LogP contribution in [0.5, 0.6) is 0 Å². The highest BCUT2D eigenvalue weighted by molar-refractivity contribution is 7.89. The molecule has 0 saturated heterocycles. The van der Waals surface area contributed by atoms with Crippen LogP contribution in [0.2, 0.25) is 15.2 Å². The number of thiazole rings is 2. The number of hydrogen-bond donors (Lipinski definition) is 6. The Balaban J connectivity index is 0.000000169. The zero-order chi connectivity index (χ0) is 42.5. The molecule has 0 aliphatic heterocycles. The Bertz CT molecular complexity index is 3020. The molecule has 59 heavy (non-hydrogen) atoms. The van der Waals surface area contributed by atoms with E-state index < -0.39 is 31.7 Å². The molecule has 0 unspecified atom stereocenters. The fraction of sp³-hybridized carbons (Fsp3) is 0. The van der Waals surface area contributed by atoms with E-state index in [0.717, 1.165) is 0 Å². The van der Waals surface area contributed by atoms with E-state index in [4.69, 9.17) is 50.8 Å². The van der Waals surface area contributed by atoms with Crippen LogP contribution in [0.25, 0.3) is 20.7 Å². The maximum Gasteiger partial charge on any atom is 0.238 e. The molecular formula is C34H25Cl3F2N12O4S4. The molecule has 4 heterocycles. The van der Waals surface area contributed by atoms with E-state index in [0.29, 0.717) is 64.7 Å². The number of sulfonamides is 2. The summed E-state index contributed by atoms with van der Waals surface area (Å²) in [4.78, 5) is 25.0.